The SMILES string of the molecule is O=C(OS(=O)(=O)c1ccc([N+](=O)[O-])cc1)C1CC(O)CN1S(=O)(=O)c1ccc([N+](=O)[O-])cc1. The number of carbonyl (C=O) groups excluding carboxylic acids is 1. The third kappa shape index (κ3) is 4.98. The van der Waals surface area contributed by atoms with Crippen molar-refractivity contribution in [3.8, 4) is 0 Å². The summed E-state index contributed by atoms with van der Waals surface area (Å²) >= 11 is 0. The summed E-state index contributed by atoms with van der Waals surface area (Å²) in [5.41, 5.74) is -0.778. The van der Waals surface area contributed by atoms with Crippen molar-refractivity contribution in [1.82, 2.24) is 4.31 Å². The Morgan fingerprint density at radius 1 is 0.909 bits per heavy atom. The molecule has 1 aliphatic heterocycles. The molecule has 1 aliphatic rings. The molecule has 33 heavy (non-hydrogen) atoms. The van der Waals surface area contributed by atoms with Crippen LogP contribution in [-0.4, -0.2) is 60.8 Å². The van der Waals surface area contributed by atoms with Crippen LogP contribution in [0, 0.1) is 20.2 Å². The standard InChI is InChI=1S/C17H15N3O11S2/c21-13-9-16(17(22)31-33(29,30)15-7-3-12(4-8-15)20(25)26)18(10-13)32(27,28)14-5-1-11(2-6-14)19(23)24/h1-8,13,16,21H,9-10H2. The number of nitro benzene ring substituents is 2. The molecule has 2 aromatic rings. The first kappa shape index (κ1) is 24.2. The summed E-state index contributed by atoms with van der Waals surface area (Å²) in [6.45, 7) is -0.545. The molecule has 1 saturated heterocycles. The average molecular weight is 501 g/mol. The van der Waals surface area contributed by atoms with E-state index < -0.39 is 76.5 Å². The van der Waals surface area contributed by atoms with E-state index >= 15 is 0 Å². The Morgan fingerprint density at radius 2 is 1.36 bits per heavy atom. The minimum atomic E-state index is -4.76. The smallest absolute Gasteiger partial charge is 0.341 e. The van der Waals surface area contributed by atoms with Crippen LogP contribution < -0.4 is 0 Å². The van der Waals surface area contributed by atoms with Crippen LogP contribution in [0.2, 0.25) is 0 Å². The molecule has 2 aromatic carbocycles. The lowest BCUT2D eigenvalue weighted by molar-refractivity contribution is -0.385. The van der Waals surface area contributed by atoms with Crippen LogP contribution in [0.4, 0.5) is 11.4 Å². The van der Waals surface area contributed by atoms with Gasteiger partial charge in [-0.1, -0.05) is 0 Å². The number of aliphatic hydroxyl groups excluding tert-OH is 1. The van der Waals surface area contributed by atoms with Crippen LogP contribution in [0.5, 0.6) is 0 Å². The summed E-state index contributed by atoms with van der Waals surface area (Å²) in [4.78, 5) is 31.5. The molecule has 16 heteroatoms. The number of sulfonamides is 1. The van der Waals surface area contributed by atoms with Gasteiger partial charge in [-0.15, -0.1) is 0 Å². The zero-order chi connectivity index (χ0) is 24.6. The Bertz CT molecular complexity index is 1310. The number of carbonyl (C=O) groups is 1. The number of rotatable bonds is 7. The monoisotopic (exact) mass is 501 g/mol. The van der Waals surface area contributed by atoms with E-state index in [0.717, 1.165) is 48.5 Å². The lowest BCUT2D eigenvalue weighted by Gasteiger charge is -2.22. The maximum absolute atomic E-state index is 12.9. The second-order valence-electron chi connectivity index (χ2n) is 6.84. The van der Waals surface area contributed by atoms with Gasteiger partial charge in [-0.2, -0.15) is 12.7 Å². The zero-order valence-corrected chi connectivity index (χ0v) is 18.0. The van der Waals surface area contributed by atoms with Gasteiger partial charge in [-0.25, -0.2) is 13.2 Å². The van der Waals surface area contributed by atoms with Crippen LogP contribution in [-0.2, 0) is 29.1 Å². The number of hydrogen-bond acceptors (Lipinski definition) is 11. The Kier molecular flexibility index (Phi) is 6.46. The minimum Gasteiger partial charge on any atom is -0.392 e. The predicted molar refractivity (Wildman–Crippen MR) is 108 cm³/mol. The first-order valence-electron chi connectivity index (χ1n) is 9.00. The first-order valence-corrected chi connectivity index (χ1v) is 11.8. The van der Waals surface area contributed by atoms with E-state index in [-0.39, 0.29) is 5.69 Å². The fourth-order valence-corrected chi connectivity index (χ4v) is 5.60. The Balaban J connectivity index is 1.85. The number of nitrogens with zero attached hydrogens (tertiary/aromatic N) is 3. The maximum atomic E-state index is 12.9. The summed E-state index contributed by atoms with van der Waals surface area (Å²) in [6, 6.07) is 5.50. The van der Waals surface area contributed by atoms with Crippen LogP contribution in [0.1, 0.15) is 6.42 Å². The van der Waals surface area contributed by atoms with Crippen molar-refractivity contribution < 1.29 is 40.8 Å². The van der Waals surface area contributed by atoms with Crippen molar-refractivity contribution in [2.45, 2.75) is 28.4 Å². The Morgan fingerprint density at radius 3 is 1.82 bits per heavy atom. The molecule has 1 heterocycles. The third-order valence-corrected chi connectivity index (χ3v) is 7.81. The molecule has 0 aliphatic carbocycles. The fraction of sp³-hybridized carbons (Fsp3) is 0.235. The number of non-ortho nitro benzene ring substituents is 2. The molecule has 1 fully saturated rings. The topological polar surface area (TPSA) is 204 Å². The normalized spacial score (nSPS) is 19.2. The molecule has 0 bridgehead atoms. The van der Waals surface area contributed by atoms with E-state index in [1.165, 1.54) is 0 Å². The summed E-state index contributed by atoms with van der Waals surface area (Å²) in [5, 5.41) is 31.4. The van der Waals surface area contributed by atoms with Gasteiger partial charge >= 0.3 is 16.1 Å². The number of nitro groups is 2. The highest BCUT2D eigenvalue weighted by Crippen LogP contribution is 2.29. The number of benzene rings is 2. The van der Waals surface area contributed by atoms with Crippen molar-refractivity contribution >= 4 is 37.5 Å². The van der Waals surface area contributed by atoms with E-state index in [1.54, 1.807) is 0 Å². The Labute approximate surface area is 186 Å². The quantitative estimate of drug-likeness (QED) is 0.315. The summed E-state index contributed by atoms with van der Waals surface area (Å²) in [6.07, 6.45) is -1.77. The van der Waals surface area contributed by atoms with E-state index in [2.05, 4.69) is 4.18 Å². The van der Waals surface area contributed by atoms with Crippen molar-refractivity contribution in [2.24, 2.45) is 0 Å². The van der Waals surface area contributed by atoms with Gasteiger partial charge in [0.1, 0.15) is 10.9 Å². The maximum Gasteiger partial charge on any atom is 0.341 e. The van der Waals surface area contributed by atoms with E-state index in [4.69, 9.17) is 0 Å². The summed E-state index contributed by atoms with van der Waals surface area (Å²) in [5.74, 6) is -1.49. The third-order valence-electron chi connectivity index (χ3n) is 4.69. The zero-order valence-electron chi connectivity index (χ0n) is 16.4. The van der Waals surface area contributed by atoms with Crippen molar-refractivity contribution in [2.75, 3.05) is 6.54 Å². The first-order chi connectivity index (χ1) is 15.3. The summed E-state index contributed by atoms with van der Waals surface area (Å²) < 4.78 is 55.7. The second-order valence-corrected chi connectivity index (χ2v) is 10.3. The molecule has 0 radical (unpaired) electrons. The van der Waals surface area contributed by atoms with Gasteiger partial charge in [0.2, 0.25) is 10.0 Å². The lowest BCUT2D eigenvalue weighted by atomic mass is 10.2. The van der Waals surface area contributed by atoms with Gasteiger partial charge in [0.25, 0.3) is 11.4 Å². The van der Waals surface area contributed by atoms with Gasteiger partial charge < -0.3 is 9.29 Å². The molecule has 176 valence electrons. The molecule has 1 N–H and O–H groups in total. The van der Waals surface area contributed by atoms with Gasteiger partial charge in [-0.3, -0.25) is 20.2 Å². The lowest BCUT2D eigenvalue weighted by Crippen LogP contribution is -2.42. The van der Waals surface area contributed by atoms with Crippen LogP contribution in [0.3, 0.4) is 0 Å². The van der Waals surface area contributed by atoms with Gasteiger partial charge in [0.15, 0.2) is 0 Å². The molecular weight excluding hydrogens is 486 g/mol. The molecule has 0 aromatic heterocycles. The van der Waals surface area contributed by atoms with E-state index in [1.807, 2.05) is 0 Å². The Hall–Kier alpha value is -3.47. The number of aliphatic hydroxyl groups is 1. The van der Waals surface area contributed by atoms with Crippen molar-refractivity contribution in [3.63, 3.8) is 0 Å². The number of β-amino-alcohol motifs (C(OH)–C–C–N with tert-alkyl or cyclic N) is 1. The summed E-state index contributed by atoms with van der Waals surface area (Å²) in [7, 11) is -9.22. The molecule has 3 rings (SSSR count). The molecule has 2 atom stereocenters. The van der Waals surface area contributed by atoms with Crippen LogP contribution in [0.15, 0.2) is 58.3 Å². The second kappa shape index (κ2) is 8.81. The van der Waals surface area contributed by atoms with Crippen molar-refractivity contribution in [1.29, 1.82) is 0 Å². The fourth-order valence-electron chi connectivity index (χ4n) is 3.09. The van der Waals surface area contributed by atoms with Gasteiger partial charge in [0.05, 0.1) is 20.8 Å². The molecular formula is C17H15N3O11S2. The highest BCUT2D eigenvalue weighted by molar-refractivity contribution is 7.89. The molecule has 0 amide bonds. The highest BCUT2D eigenvalue weighted by Gasteiger charge is 2.45. The van der Waals surface area contributed by atoms with Crippen molar-refractivity contribution in [3.05, 3.63) is 68.8 Å². The van der Waals surface area contributed by atoms with Gasteiger partial charge in [0, 0.05) is 37.2 Å². The van der Waals surface area contributed by atoms with Crippen LogP contribution in [0.25, 0.3) is 0 Å². The molecule has 14 nitrogen and oxygen atoms in total. The molecule has 0 spiro atoms. The predicted octanol–water partition coefficient (Wildman–Crippen LogP) is 0.559. The average Bonchev–Trinajstić information content (AvgIpc) is 3.16. The highest BCUT2D eigenvalue weighted by atomic mass is 32.2. The largest absolute Gasteiger partial charge is 0.392 e. The number of hydrogen-bond donors (Lipinski definition) is 1. The van der Waals surface area contributed by atoms with Crippen LogP contribution >= 0.6 is 0 Å². The molecule has 0 saturated carbocycles. The van der Waals surface area contributed by atoms with E-state index in [9.17, 15) is 47.0 Å². The van der Waals surface area contributed by atoms with E-state index in [0.29, 0.717) is 4.31 Å². The minimum absolute atomic E-state index is 0.374. The molecule has 2 unspecified atom stereocenters. The van der Waals surface area contributed by atoms with Gasteiger partial charge in [-0.05, 0) is 24.3 Å².